The van der Waals surface area contributed by atoms with E-state index in [-0.39, 0.29) is 11.9 Å². The van der Waals surface area contributed by atoms with E-state index in [4.69, 9.17) is 5.11 Å². The van der Waals surface area contributed by atoms with Crippen LogP contribution in [0.15, 0.2) is 22.2 Å². The van der Waals surface area contributed by atoms with Gasteiger partial charge in [0.15, 0.2) is 5.82 Å². The van der Waals surface area contributed by atoms with Gasteiger partial charge in [0.1, 0.15) is 12.3 Å². The van der Waals surface area contributed by atoms with Gasteiger partial charge in [0, 0.05) is 31.5 Å². The highest BCUT2D eigenvalue weighted by atomic mass is 16.3. The van der Waals surface area contributed by atoms with E-state index in [1.165, 1.54) is 0 Å². The molecular formula is C16H23N5O2. The van der Waals surface area contributed by atoms with E-state index in [1.807, 2.05) is 13.0 Å². The molecule has 1 aliphatic heterocycles. The molecule has 23 heavy (non-hydrogen) atoms. The third kappa shape index (κ3) is 4.13. The van der Waals surface area contributed by atoms with Crippen molar-refractivity contribution in [2.45, 2.75) is 26.3 Å². The Kier molecular flexibility index (Phi) is 5.81. The summed E-state index contributed by atoms with van der Waals surface area (Å²) in [6.45, 7) is 8.61. The van der Waals surface area contributed by atoms with E-state index in [0.29, 0.717) is 24.0 Å². The molecule has 0 aromatic carbocycles. The number of anilines is 1. The highest BCUT2D eigenvalue weighted by Gasteiger charge is 2.27. The molecule has 1 aromatic rings. The van der Waals surface area contributed by atoms with Crippen LogP contribution in [0.25, 0.3) is 0 Å². The van der Waals surface area contributed by atoms with E-state index < -0.39 is 6.61 Å². The molecule has 1 aliphatic rings. The number of aliphatic hydroxyl groups excluding tert-OH is 1. The van der Waals surface area contributed by atoms with Gasteiger partial charge in [-0.1, -0.05) is 6.92 Å². The molecular weight excluding hydrogens is 294 g/mol. The lowest BCUT2D eigenvalue weighted by Gasteiger charge is -2.38. The zero-order valence-corrected chi connectivity index (χ0v) is 13.6. The minimum absolute atomic E-state index is 0.0117. The zero-order valence-electron chi connectivity index (χ0n) is 13.6. The molecule has 1 amide bonds. The maximum atomic E-state index is 11.5. The summed E-state index contributed by atoms with van der Waals surface area (Å²) in [4.78, 5) is 26.2. The van der Waals surface area contributed by atoms with Crippen LogP contribution in [0.4, 0.5) is 17.2 Å². The Labute approximate surface area is 136 Å². The van der Waals surface area contributed by atoms with E-state index in [2.05, 4.69) is 38.8 Å². The molecule has 1 fully saturated rings. The van der Waals surface area contributed by atoms with E-state index >= 15 is 0 Å². The molecule has 2 heterocycles. The van der Waals surface area contributed by atoms with Crippen LogP contribution in [0.5, 0.6) is 0 Å². The zero-order chi connectivity index (χ0) is 16.8. The molecule has 0 saturated carbocycles. The van der Waals surface area contributed by atoms with Gasteiger partial charge in [-0.25, -0.2) is 9.98 Å². The Hall–Kier alpha value is -2.28. The number of rotatable bonds is 5. The lowest BCUT2D eigenvalue weighted by molar-refractivity contribution is -0.124. The van der Waals surface area contributed by atoms with Gasteiger partial charge < -0.3 is 15.3 Å². The Balaban J connectivity index is 2.28. The Bertz CT molecular complexity index is 602. The number of aliphatic hydroxyl groups is 1. The number of hydrogen-bond donors (Lipinski definition) is 2. The van der Waals surface area contributed by atoms with Crippen molar-refractivity contribution in [3.63, 3.8) is 0 Å². The van der Waals surface area contributed by atoms with Crippen molar-refractivity contribution in [1.29, 1.82) is 0 Å². The summed E-state index contributed by atoms with van der Waals surface area (Å²) in [7, 11) is 0. The summed E-state index contributed by atoms with van der Waals surface area (Å²) in [6.07, 6.45) is 4.25. The van der Waals surface area contributed by atoms with Gasteiger partial charge in [-0.3, -0.25) is 9.79 Å². The normalized spacial score (nSPS) is 21.4. The number of nitrogens with one attached hydrogen (secondary N) is 1. The summed E-state index contributed by atoms with van der Waals surface area (Å²) in [5, 5.41) is 11.8. The van der Waals surface area contributed by atoms with Crippen molar-refractivity contribution in [2.24, 2.45) is 15.9 Å². The molecule has 1 saturated heterocycles. The number of nitrogens with zero attached hydrogens (tertiary/aromatic N) is 4. The fraction of sp³-hybridized carbons (Fsp3) is 0.500. The van der Waals surface area contributed by atoms with Crippen LogP contribution in [0.2, 0.25) is 0 Å². The fourth-order valence-corrected chi connectivity index (χ4v) is 2.98. The third-order valence-electron chi connectivity index (χ3n) is 3.80. The summed E-state index contributed by atoms with van der Waals surface area (Å²) < 4.78 is 0. The molecule has 2 atom stereocenters. The molecule has 2 rings (SSSR count). The maximum Gasteiger partial charge on any atom is 0.245 e. The predicted octanol–water partition coefficient (Wildman–Crippen LogP) is 1.46. The monoisotopic (exact) mass is 317 g/mol. The first-order chi connectivity index (χ1) is 11.1. The fourth-order valence-electron chi connectivity index (χ4n) is 2.98. The van der Waals surface area contributed by atoms with E-state index in [9.17, 15) is 4.79 Å². The lowest BCUT2D eigenvalue weighted by Crippen LogP contribution is -2.51. The van der Waals surface area contributed by atoms with Crippen LogP contribution in [-0.4, -0.2) is 54.7 Å². The number of hydrogen-bond acceptors (Lipinski definition) is 6. The molecule has 124 valence electrons. The first kappa shape index (κ1) is 17.1. The van der Waals surface area contributed by atoms with Crippen LogP contribution < -0.4 is 10.2 Å². The Morgan fingerprint density at radius 2 is 2.39 bits per heavy atom. The molecule has 0 bridgehead atoms. The highest BCUT2D eigenvalue weighted by molar-refractivity contribution is 5.80. The highest BCUT2D eigenvalue weighted by Crippen LogP contribution is 2.37. The number of aromatic nitrogens is 1. The van der Waals surface area contributed by atoms with E-state index in [1.54, 1.807) is 12.4 Å². The van der Waals surface area contributed by atoms with Crippen LogP contribution in [-0.2, 0) is 4.79 Å². The summed E-state index contributed by atoms with van der Waals surface area (Å²) >= 11 is 0. The van der Waals surface area contributed by atoms with Crippen molar-refractivity contribution in [1.82, 2.24) is 10.3 Å². The molecule has 1 aromatic heterocycles. The van der Waals surface area contributed by atoms with Crippen molar-refractivity contribution in [2.75, 3.05) is 24.6 Å². The van der Waals surface area contributed by atoms with Crippen LogP contribution in [0, 0.1) is 5.92 Å². The average molecular weight is 317 g/mol. The van der Waals surface area contributed by atoms with Crippen LogP contribution in [0.3, 0.4) is 0 Å². The van der Waals surface area contributed by atoms with Gasteiger partial charge >= 0.3 is 0 Å². The minimum atomic E-state index is -0.491. The predicted molar refractivity (Wildman–Crippen MR) is 92.3 cm³/mol. The summed E-state index contributed by atoms with van der Waals surface area (Å²) in [6, 6.07) is 1.88. The molecule has 0 spiro atoms. The second-order valence-corrected chi connectivity index (χ2v) is 5.72. The van der Waals surface area contributed by atoms with Crippen molar-refractivity contribution in [3.8, 4) is 0 Å². The van der Waals surface area contributed by atoms with Crippen LogP contribution in [0.1, 0.15) is 20.3 Å². The van der Waals surface area contributed by atoms with E-state index in [0.717, 1.165) is 18.7 Å². The van der Waals surface area contributed by atoms with Crippen molar-refractivity contribution in [3.05, 3.63) is 12.3 Å². The summed E-state index contributed by atoms with van der Waals surface area (Å²) in [5.41, 5.74) is 1.55. The largest absolute Gasteiger partial charge is 0.387 e. The van der Waals surface area contributed by atoms with Crippen molar-refractivity contribution >= 4 is 36.0 Å². The van der Waals surface area contributed by atoms with Crippen LogP contribution >= 0.6 is 0 Å². The number of pyridine rings is 1. The smallest absolute Gasteiger partial charge is 0.245 e. The number of carbonyl (C=O) groups excluding carboxylic acids is 1. The Morgan fingerprint density at radius 1 is 1.61 bits per heavy atom. The molecule has 0 unspecified atom stereocenters. The maximum absolute atomic E-state index is 11.5. The van der Waals surface area contributed by atoms with Gasteiger partial charge in [-0.2, -0.15) is 0 Å². The SMILES string of the molecule is C=Nc1c(N2C[C@@H](C)C[C@@H](NC(=O)CO)C2)ccnc1/N=C\C. The number of aliphatic imine (C=N–C) groups is 2. The second kappa shape index (κ2) is 7.82. The van der Waals surface area contributed by atoms with Gasteiger partial charge in [-0.05, 0) is 32.0 Å². The third-order valence-corrected chi connectivity index (χ3v) is 3.80. The molecule has 0 aliphatic carbocycles. The average Bonchev–Trinajstić information content (AvgIpc) is 2.54. The minimum Gasteiger partial charge on any atom is -0.387 e. The molecule has 7 heteroatoms. The molecule has 7 nitrogen and oxygen atoms in total. The Morgan fingerprint density at radius 3 is 3.04 bits per heavy atom. The second-order valence-electron chi connectivity index (χ2n) is 5.72. The lowest BCUT2D eigenvalue weighted by atomic mass is 9.95. The van der Waals surface area contributed by atoms with Gasteiger partial charge in [-0.15, -0.1) is 0 Å². The molecule has 2 N–H and O–H groups in total. The quantitative estimate of drug-likeness (QED) is 0.805. The first-order valence-electron chi connectivity index (χ1n) is 7.68. The topological polar surface area (TPSA) is 90.2 Å². The standard InChI is InChI=1S/C16H23N5O2/c1-4-18-16-15(17-3)13(5-6-19-16)21-8-11(2)7-12(9-21)20-14(23)10-22/h4-6,11-12,22H,3,7-10H2,1-2H3,(H,20,23)/b18-4-/t11-,12+/m0/s1. The van der Waals surface area contributed by atoms with Gasteiger partial charge in [0.2, 0.25) is 5.91 Å². The van der Waals surface area contributed by atoms with Gasteiger partial charge in [0.25, 0.3) is 0 Å². The number of piperidine rings is 1. The summed E-state index contributed by atoms with van der Waals surface area (Å²) in [5.74, 6) is 0.586. The number of carbonyl (C=O) groups is 1. The van der Waals surface area contributed by atoms with Gasteiger partial charge in [0.05, 0.1) is 5.69 Å². The first-order valence-corrected chi connectivity index (χ1v) is 7.68. The molecule has 0 radical (unpaired) electrons. The van der Waals surface area contributed by atoms with Crippen molar-refractivity contribution < 1.29 is 9.90 Å². The number of amides is 1.